The van der Waals surface area contributed by atoms with Crippen molar-refractivity contribution < 1.29 is 19.1 Å². The molecule has 2 amide bonds. The van der Waals surface area contributed by atoms with E-state index < -0.39 is 11.9 Å². The van der Waals surface area contributed by atoms with E-state index in [0.717, 1.165) is 25.7 Å². The van der Waals surface area contributed by atoms with Gasteiger partial charge in [-0.05, 0) is 31.0 Å². The minimum absolute atomic E-state index is 0.187. The summed E-state index contributed by atoms with van der Waals surface area (Å²) < 4.78 is 4.63. The van der Waals surface area contributed by atoms with Crippen LogP contribution in [-0.4, -0.2) is 30.9 Å². The fraction of sp³-hybridized carbons (Fsp3) is 0.471. The van der Waals surface area contributed by atoms with Crippen molar-refractivity contribution in [2.24, 2.45) is 0 Å². The summed E-state index contributed by atoms with van der Waals surface area (Å²) >= 11 is 0. The van der Waals surface area contributed by atoms with Gasteiger partial charge in [0.2, 0.25) is 11.8 Å². The van der Waals surface area contributed by atoms with E-state index in [2.05, 4.69) is 15.4 Å². The number of carbonyl (C=O) groups is 3. The van der Waals surface area contributed by atoms with Crippen molar-refractivity contribution in [1.82, 2.24) is 5.32 Å². The number of nitrogens with one attached hydrogen (secondary N) is 2. The average molecular weight is 318 g/mol. The standard InChI is InChI=1S/C17H22N2O4/c1-23-17(22)12-6-5-9-14(10-12)19-16(21)11-15(20)18-13-7-3-2-4-8-13/h5-6,9-10,13H,2-4,7-8,11H2,1H3,(H,18,20)(H,19,21). The Hall–Kier alpha value is -2.37. The molecule has 0 bridgehead atoms. The molecule has 1 saturated carbocycles. The van der Waals surface area contributed by atoms with Gasteiger partial charge in [-0.2, -0.15) is 0 Å². The highest BCUT2D eigenvalue weighted by molar-refractivity contribution is 6.04. The Morgan fingerprint density at radius 2 is 1.87 bits per heavy atom. The Kier molecular flexibility index (Phi) is 6.14. The van der Waals surface area contributed by atoms with Gasteiger partial charge in [0.1, 0.15) is 6.42 Å². The molecule has 1 aromatic carbocycles. The molecule has 0 unspecified atom stereocenters. The number of hydrogen-bond donors (Lipinski definition) is 2. The molecule has 0 radical (unpaired) electrons. The molecule has 2 rings (SSSR count). The van der Waals surface area contributed by atoms with E-state index in [0.29, 0.717) is 11.3 Å². The van der Waals surface area contributed by atoms with Crippen molar-refractivity contribution in [3.05, 3.63) is 29.8 Å². The van der Waals surface area contributed by atoms with Crippen molar-refractivity contribution in [3.63, 3.8) is 0 Å². The lowest BCUT2D eigenvalue weighted by Crippen LogP contribution is -2.37. The third-order valence-electron chi connectivity index (χ3n) is 3.86. The van der Waals surface area contributed by atoms with Crippen LogP contribution in [0.1, 0.15) is 48.9 Å². The molecule has 1 aliphatic carbocycles. The molecule has 6 heteroatoms. The second kappa shape index (κ2) is 8.31. The summed E-state index contributed by atoms with van der Waals surface area (Å²) in [5.41, 5.74) is 0.806. The van der Waals surface area contributed by atoms with Crippen LogP contribution >= 0.6 is 0 Å². The lowest BCUT2D eigenvalue weighted by molar-refractivity contribution is -0.127. The molecule has 2 N–H and O–H groups in total. The molecule has 0 aliphatic heterocycles. The predicted octanol–water partition coefficient (Wildman–Crippen LogP) is 2.25. The quantitative estimate of drug-likeness (QED) is 0.644. The number of ether oxygens (including phenoxy) is 1. The molecule has 0 aromatic heterocycles. The number of rotatable bonds is 5. The zero-order chi connectivity index (χ0) is 16.7. The van der Waals surface area contributed by atoms with Crippen LogP contribution in [0.4, 0.5) is 5.69 Å². The van der Waals surface area contributed by atoms with Crippen LogP contribution in [-0.2, 0) is 14.3 Å². The smallest absolute Gasteiger partial charge is 0.337 e. The second-order valence-electron chi connectivity index (χ2n) is 5.70. The Morgan fingerprint density at radius 1 is 1.13 bits per heavy atom. The van der Waals surface area contributed by atoms with Crippen LogP contribution in [0.3, 0.4) is 0 Å². The van der Waals surface area contributed by atoms with Crippen LogP contribution in [0.15, 0.2) is 24.3 Å². The molecule has 0 saturated heterocycles. The van der Waals surface area contributed by atoms with Gasteiger partial charge < -0.3 is 15.4 Å². The van der Waals surface area contributed by atoms with E-state index in [1.165, 1.54) is 19.6 Å². The molecular weight excluding hydrogens is 296 g/mol. The molecule has 0 atom stereocenters. The molecule has 23 heavy (non-hydrogen) atoms. The third-order valence-corrected chi connectivity index (χ3v) is 3.86. The van der Waals surface area contributed by atoms with Gasteiger partial charge in [0.15, 0.2) is 0 Å². The number of anilines is 1. The summed E-state index contributed by atoms with van der Waals surface area (Å²) in [6, 6.07) is 6.60. The fourth-order valence-electron chi connectivity index (χ4n) is 2.72. The van der Waals surface area contributed by atoms with Gasteiger partial charge >= 0.3 is 5.97 Å². The topological polar surface area (TPSA) is 84.5 Å². The van der Waals surface area contributed by atoms with Crippen molar-refractivity contribution in [2.45, 2.75) is 44.6 Å². The van der Waals surface area contributed by atoms with E-state index in [1.807, 2.05) is 0 Å². The van der Waals surface area contributed by atoms with Crippen molar-refractivity contribution in [3.8, 4) is 0 Å². The molecule has 1 aliphatic rings. The summed E-state index contributed by atoms with van der Waals surface area (Å²) in [7, 11) is 1.29. The Morgan fingerprint density at radius 3 is 2.57 bits per heavy atom. The SMILES string of the molecule is COC(=O)c1cccc(NC(=O)CC(=O)NC2CCCCC2)c1. The van der Waals surface area contributed by atoms with Gasteiger partial charge in [0, 0.05) is 11.7 Å². The van der Waals surface area contributed by atoms with Gasteiger partial charge in [-0.1, -0.05) is 25.3 Å². The Balaban J connectivity index is 1.84. The summed E-state index contributed by atoms with van der Waals surface area (Å²) in [5, 5.41) is 5.52. The van der Waals surface area contributed by atoms with Crippen LogP contribution < -0.4 is 10.6 Å². The van der Waals surface area contributed by atoms with Crippen molar-refractivity contribution in [2.75, 3.05) is 12.4 Å². The summed E-state index contributed by atoms with van der Waals surface area (Å²) in [6.07, 6.45) is 5.19. The maximum absolute atomic E-state index is 11.9. The van der Waals surface area contributed by atoms with Crippen LogP contribution in [0, 0.1) is 0 Å². The molecular formula is C17H22N2O4. The first-order chi connectivity index (χ1) is 11.1. The molecule has 1 aromatic rings. The summed E-state index contributed by atoms with van der Waals surface area (Å²) in [5.74, 6) is -1.14. The predicted molar refractivity (Wildman–Crippen MR) is 86.0 cm³/mol. The monoisotopic (exact) mass is 318 g/mol. The zero-order valence-corrected chi connectivity index (χ0v) is 13.3. The molecule has 6 nitrogen and oxygen atoms in total. The number of carbonyl (C=O) groups excluding carboxylic acids is 3. The number of benzene rings is 1. The van der Waals surface area contributed by atoms with Crippen LogP contribution in [0.25, 0.3) is 0 Å². The lowest BCUT2D eigenvalue weighted by atomic mass is 9.95. The zero-order valence-electron chi connectivity index (χ0n) is 13.3. The minimum Gasteiger partial charge on any atom is -0.465 e. The Labute approximate surface area is 135 Å². The second-order valence-corrected chi connectivity index (χ2v) is 5.70. The third kappa shape index (κ3) is 5.39. The number of esters is 1. The van der Waals surface area contributed by atoms with E-state index >= 15 is 0 Å². The maximum atomic E-state index is 11.9. The van der Waals surface area contributed by atoms with Crippen molar-refractivity contribution >= 4 is 23.5 Å². The van der Waals surface area contributed by atoms with Crippen LogP contribution in [0.2, 0.25) is 0 Å². The average Bonchev–Trinajstić information content (AvgIpc) is 2.55. The van der Waals surface area contributed by atoms with Gasteiger partial charge in [-0.15, -0.1) is 0 Å². The molecule has 0 heterocycles. The molecule has 0 spiro atoms. The maximum Gasteiger partial charge on any atom is 0.337 e. The number of methoxy groups -OCH3 is 1. The van der Waals surface area contributed by atoms with Gasteiger partial charge in [0.25, 0.3) is 0 Å². The van der Waals surface area contributed by atoms with E-state index in [4.69, 9.17) is 0 Å². The number of hydrogen-bond acceptors (Lipinski definition) is 4. The van der Waals surface area contributed by atoms with E-state index in [-0.39, 0.29) is 18.4 Å². The van der Waals surface area contributed by atoms with Gasteiger partial charge in [-0.3, -0.25) is 9.59 Å². The first-order valence-electron chi connectivity index (χ1n) is 7.86. The normalized spacial score (nSPS) is 14.8. The minimum atomic E-state index is -0.476. The first kappa shape index (κ1) is 17.0. The highest BCUT2D eigenvalue weighted by Gasteiger charge is 2.17. The summed E-state index contributed by atoms with van der Waals surface area (Å²) in [4.78, 5) is 35.3. The van der Waals surface area contributed by atoms with Crippen LogP contribution in [0.5, 0.6) is 0 Å². The summed E-state index contributed by atoms with van der Waals surface area (Å²) in [6.45, 7) is 0. The van der Waals surface area contributed by atoms with E-state index in [9.17, 15) is 14.4 Å². The Bertz CT molecular complexity index is 580. The van der Waals surface area contributed by atoms with Gasteiger partial charge in [0.05, 0.1) is 12.7 Å². The van der Waals surface area contributed by atoms with E-state index in [1.54, 1.807) is 18.2 Å². The number of amides is 2. The highest BCUT2D eigenvalue weighted by atomic mass is 16.5. The fourth-order valence-corrected chi connectivity index (χ4v) is 2.72. The highest BCUT2D eigenvalue weighted by Crippen LogP contribution is 2.17. The van der Waals surface area contributed by atoms with Crippen molar-refractivity contribution in [1.29, 1.82) is 0 Å². The molecule has 1 fully saturated rings. The largest absolute Gasteiger partial charge is 0.465 e. The molecule has 124 valence electrons. The lowest BCUT2D eigenvalue weighted by Gasteiger charge is -2.22. The van der Waals surface area contributed by atoms with Gasteiger partial charge in [-0.25, -0.2) is 4.79 Å². The first-order valence-corrected chi connectivity index (χ1v) is 7.86.